The lowest BCUT2D eigenvalue weighted by molar-refractivity contribution is -0.274. The van der Waals surface area contributed by atoms with E-state index in [1.807, 2.05) is 4.90 Å². The third-order valence-corrected chi connectivity index (χ3v) is 4.64. The van der Waals surface area contributed by atoms with Crippen molar-refractivity contribution < 1.29 is 27.4 Å². The number of piperazine rings is 1. The van der Waals surface area contributed by atoms with Gasteiger partial charge in [-0.05, 0) is 29.8 Å². The van der Waals surface area contributed by atoms with E-state index in [1.54, 1.807) is 0 Å². The van der Waals surface area contributed by atoms with Gasteiger partial charge in [0.05, 0.1) is 16.6 Å². The number of phenolic OH excluding ortho intramolecular Hbond substituents is 1. The molecule has 0 bridgehead atoms. The van der Waals surface area contributed by atoms with Gasteiger partial charge < -0.3 is 15.2 Å². The SMILES string of the molecule is Cl.Cl.Oc1c(Cl)ccc(F)c1[C@@H](c1ccc(OC(F)(F)F)cc1)N1CCNCC1. The minimum Gasteiger partial charge on any atom is -0.506 e. The second kappa shape index (κ2) is 10.5. The lowest BCUT2D eigenvalue weighted by atomic mass is 9.95. The van der Waals surface area contributed by atoms with Crippen molar-refractivity contribution in [3.05, 3.63) is 58.4 Å². The van der Waals surface area contributed by atoms with Gasteiger partial charge in [-0.3, -0.25) is 4.90 Å². The van der Waals surface area contributed by atoms with Crippen molar-refractivity contribution in [3.63, 3.8) is 0 Å². The number of hydrogen-bond donors (Lipinski definition) is 2. The van der Waals surface area contributed by atoms with Crippen LogP contribution in [0.1, 0.15) is 17.2 Å². The van der Waals surface area contributed by atoms with Crippen LogP contribution < -0.4 is 10.1 Å². The molecule has 11 heteroatoms. The maximum atomic E-state index is 14.6. The molecule has 0 spiro atoms. The summed E-state index contributed by atoms with van der Waals surface area (Å²) in [6, 6.07) is 6.89. The van der Waals surface area contributed by atoms with Crippen LogP contribution in [0.3, 0.4) is 0 Å². The Kier molecular flexibility index (Phi) is 9.30. The zero-order valence-corrected chi connectivity index (χ0v) is 17.3. The maximum Gasteiger partial charge on any atom is 0.573 e. The summed E-state index contributed by atoms with van der Waals surface area (Å²) in [7, 11) is 0. The van der Waals surface area contributed by atoms with E-state index in [0.717, 1.165) is 18.2 Å². The number of halogens is 7. The Morgan fingerprint density at radius 1 is 1.03 bits per heavy atom. The number of phenols is 1. The molecule has 1 aliphatic rings. The van der Waals surface area contributed by atoms with Gasteiger partial charge in [-0.25, -0.2) is 4.39 Å². The first kappa shape index (κ1) is 25.6. The van der Waals surface area contributed by atoms with Gasteiger partial charge in [0.15, 0.2) is 0 Å². The highest BCUT2D eigenvalue weighted by atomic mass is 35.5. The van der Waals surface area contributed by atoms with Gasteiger partial charge in [-0.2, -0.15) is 0 Å². The number of nitrogens with one attached hydrogen (secondary N) is 1. The van der Waals surface area contributed by atoms with Crippen LogP contribution in [0.15, 0.2) is 36.4 Å². The van der Waals surface area contributed by atoms with Crippen LogP contribution >= 0.6 is 36.4 Å². The van der Waals surface area contributed by atoms with Gasteiger partial charge in [0.2, 0.25) is 0 Å². The predicted molar refractivity (Wildman–Crippen MR) is 107 cm³/mol. The standard InChI is InChI=1S/C18H17ClF4N2O2.2ClH/c19-13-5-6-14(20)15(17(13)26)16(25-9-7-24-8-10-25)11-1-3-12(4-2-11)27-18(21,22)23;;/h1-6,16,24,26H,7-10H2;2*1H/t16-;;/m1../s1. The first-order valence-corrected chi connectivity index (χ1v) is 8.61. The summed E-state index contributed by atoms with van der Waals surface area (Å²) in [4.78, 5) is 1.94. The second-order valence-electron chi connectivity index (χ2n) is 6.10. The van der Waals surface area contributed by atoms with Crippen molar-refractivity contribution in [3.8, 4) is 11.5 Å². The molecule has 0 aliphatic carbocycles. The summed E-state index contributed by atoms with van der Waals surface area (Å²) in [6.07, 6.45) is -4.79. The first-order chi connectivity index (χ1) is 12.8. The van der Waals surface area contributed by atoms with E-state index in [0.29, 0.717) is 31.7 Å². The van der Waals surface area contributed by atoms with Crippen LogP contribution in [-0.4, -0.2) is 42.5 Å². The molecule has 0 saturated carbocycles. The molecule has 0 amide bonds. The average Bonchev–Trinajstić information content (AvgIpc) is 2.62. The highest BCUT2D eigenvalue weighted by molar-refractivity contribution is 6.32. The second-order valence-corrected chi connectivity index (χ2v) is 6.50. The van der Waals surface area contributed by atoms with E-state index in [4.69, 9.17) is 11.6 Å². The topological polar surface area (TPSA) is 44.7 Å². The number of alkyl halides is 3. The van der Waals surface area contributed by atoms with Gasteiger partial charge in [0, 0.05) is 26.2 Å². The van der Waals surface area contributed by atoms with Gasteiger partial charge in [-0.1, -0.05) is 23.7 Å². The Morgan fingerprint density at radius 2 is 1.62 bits per heavy atom. The van der Waals surface area contributed by atoms with E-state index in [1.165, 1.54) is 18.2 Å². The van der Waals surface area contributed by atoms with Crippen LogP contribution in [0.5, 0.6) is 11.5 Å². The van der Waals surface area contributed by atoms with E-state index in [9.17, 15) is 22.7 Å². The average molecular weight is 478 g/mol. The first-order valence-electron chi connectivity index (χ1n) is 8.23. The van der Waals surface area contributed by atoms with Gasteiger partial charge in [0.25, 0.3) is 0 Å². The molecule has 3 rings (SSSR count). The largest absolute Gasteiger partial charge is 0.573 e. The molecule has 2 N–H and O–H groups in total. The Bertz CT molecular complexity index is 801. The van der Waals surface area contributed by atoms with E-state index < -0.39 is 18.2 Å². The van der Waals surface area contributed by atoms with Gasteiger partial charge >= 0.3 is 6.36 Å². The zero-order valence-electron chi connectivity index (χ0n) is 14.9. The van der Waals surface area contributed by atoms with Crippen LogP contribution in [0, 0.1) is 5.82 Å². The van der Waals surface area contributed by atoms with E-state index in [-0.39, 0.29) is 46.9 Å². The minimum absolute atomic E-state index is 0. The molecule has 1 saturated heterocycles. The van der Waals surface area contributed by atoms with Crippen LogP contribution in [0.4, 0.5) is 17.6 Å². The lowest BCUT2D eigenvalue weighted by Gasteiger charge is -2.36. The van der Waals surface area contributed by atoms with Gasteiger partial charge in [0.1, 0.15) is 17.3 Å². The van der Waals surface area contributed by atoms with Crippen molar-refractivity contribution in [2.24, 2.45) is 0 Å². The van der Waals surface area contributed by atoms with Crippen molar-refractivity contribution in [2.45, 2.75) is 12.4 Å². The van der Waals surface area contributed by atoms with Gasteiger partial charge in [-0.15, -0.1) is 38.0 Å². The van der Waals surface area contributed by atoms with Crippen molar-refractivity contribution in [2.75, 3.05) is 26.2 Å². The Labute approximate surface area is 182 Å². The normalized spacial score (nSPS) is 15.8. The summed E-state index contributed by atoms with van der Waals surface area (Å²) < 4.78 is 55.6. The van der Waals surface area contributed by atoms with E-state index >= 15 is 0 Å². The van der Waals surface area contributed by atoms with Crippen molar-refractivity contribution in [1.82, 2.24) is 10.2 Å². The van der Waals surface area contributed by atoms with Crippen molar-refractivity contribution >= 4 is 36.4 Å². The Balaban J connectivity index is 0.00000210. The summed E-state index contributed by atoms with van der Waals surface area (Å²) in [6.45, 7) is 2.46. The monoisotopic (exact) mass is 476 g/mol. The van der Waals surface area contributed by atoms with Crippen LogP contribution in [0.2, 0.25) is 5.02 Å². The Hall–Kier alpha value is -1.45. The molecular weight excluding hydrogens is 459 g/mol. The highest BCUT2D eigenvalue weighted by Gasteiger charge is 2.32. The summed E-state index contributed by atoms with van der Waals surface area (Å²) >= 11 is 5.96. The smallest absolute Gasteiger partial charge is 0.506 e. The molecule has 1 atom stereocenters. The molecule has 162 valence electrons. The molecule has 1 aliphatic heterocycles. The molecule has 1 fully saturated rings. The number of rotatable bonds is 4. The number of ether oxygens (including phenoxy) is 1. The molecule has 4 nitrogen and oxygen atoms in total. The fraction of sp³-hybridized carbons (Fsp3) is 0.333. The molecule has 29 heavy (non-hydrogen) atoms. The number of aromatic hydroxyl groups is 1. The molecule has 2 aromatic carbocycles. The fourth-order valence-electron chi connectivity index (χ4n) is 3.17. The predicted octanol–water partition coefficient (Wildman–Crippen LogP) is 4.92. The van der Waals surface area contributed by atoms with Crippen molar-refractivity contribution in [1.29, 1.82) is 0 Å². The summed E-state index contributed by atoms with van der Waals surface area (Å²) in [5, 5.41) is 13.5. The third-order valence-electron chi connectivity index (χ3n) is 4.33. The summed E-state index contributed by atoms with van der Waals surface area (Å²) in [5.74, 6) is -1.40. The number of benzene rings is 2. The number of hydrogen-bond acceptors (Lipinski definition) is 4. The molecular formula is C18H19Cl3F4N2O2. The molecule has 0 unspecified atom stereocenters. The molecule has 0 aromatic heterocycles. The summed E-state index contributed by atoms with van der Waals surface area (Å²) in [5.41, 5.74) is 0.511. The molecule has 1 heterocycles. The molecule has 2 aromatic rings. The zero-order chi connectivity index (χ0) is 19.6. The Morgan fingerprint density at radius 3 is 2.17 bits per heavy atom. The van der Waals surface area contributed by atoms with Crippen LogP contribution in [-0.2, 0) is 0 Å². The third kappa shape index (κ3) is 6.26. The quantitative estimate of drug-likeness (QED) is 0.614. The van der Waals surface area contributed by atoms with E-state index in [2.05, 4.69) is 10.1 Å². The fourth-order valence-corrected chi connectivity index (χ4v) is 3.33. The maximum absolute atomic E-state index is 14.6. The lowest BCUT2D eigenvalue weighted by Crippen LogP contribution is -2.45. The highest BCUT2D eigenvalue weighted by Crippen LogP contribution is 2.40. The molecule has 0 radical (unpaired) electrons. The minimum atomic E-state index is -4.79. The number of nitrogens with zero attached hydrogens (tertiary/aromatic N) is 1. The van der Waals surface area contributed by atoms with Crippen LogP contribution in [0.25, 0.3) is 0 Å².